The van der Waals surface area contributed by atoms with Gasteiger partial charge in [0, 0.05) is 38.8 Å². The number of morpholine rings is 1. The fraction of sp³-hybridized carbons (Fsp3) is 0.875. The summed E-state index contributed by atoms with van der Waals surface area (Å²) in [7, 11) is 0. The van der Waals surface area contributed by atoms with Crippen LogP contribution in [0.5, 0.6) is 0 Å². The van der Waals surface area contributed by atoms with Gasteiger partial charge in [0.2, 0.25) is 11.8 Å². The van der Waals surface area contributed by atoms with Gasteiger partial charge < -0.3 is 20.3 Å². The van der Waals surface area contributed by atoms with Crippen LogP contribution in [-0.2, 0) is 14.3 Å². The standard InChI is InChI=1S/C16H28N4O3/c1-11(15(21)18-13-3-4-13)19-6-8-20(9-7-19)16(22)14-12(2)23-10-5-17-14/h11-14,17H,3-10H2,1-2H3,(H,18,21)/t11?,12-,14+/m1/s1. The smallest absolute Gasteiger partial charge is 0.242 e. The summed E-state index contributed by atoms with van der Waals surface area (Å²) in [6.07, 6.45) is 2.13. The van der Waals surface area contributed by atoms with Gasteiger partial charge in [-0.2, -0.15) is 0 Å². The van der Waals surface area contributed by atoms with Crippen molar-refractivity contribution < 1.29 is 14.3 Å². The molecule has 2 amide bonds. The molecule has 0 bridgehead atoms. The number of nitrogens with one attached hydrogen (secondary N) is 2. The number of nitrogens with zero attached hydrogens (tertiary/aromatic N) is 2. The Kier molecular flexibility index (Phi) is 5.18. The number of carbonyl (C=O) groups is 2. The molecule has 2 aliphatic heterocycles. The van der Waals surface area contributed by atoms with Crippen molar-refractivity contribution >= 4 is 11.8 Å². The maximum absolute atomic E-state index is 12.6. The van der Waals surface area contributed by atoms with Crippen molar-refractivity contribution in [2.45, 2.75) is 50.9 Å². The van der Waals surface area contributed by atoms with E-state index in [0.717, 1.165) is 32.5 Å². The van der Waals surface area contributed by atoms with Gasteiger partial charge in [-0.25, -0.2) is 0 Å². The van der Waals surface area contributed by atoms with E-state index in [2.05, 4.69) is 15.5 Å². The molecule has 0 radical (unpaired) electrons. The monoisotopic (exact) mass is 324 g/mol. The third-order valence-corrected chi connectivity index (χ3v) is 5.06. The molecule has 2 saturated heterocycles. The highest BCUT2D eigenvalue weighted by Crippen LogP contribution is 2.19. The molecule has 1 aliphatic carbocycles. The van der Waals surface area contributed by atoms with Crippen LogP contribution in [0.2, 0.25) is 0 Å². The molecule has 0 aromatic carbocycles. The van der Waals surface area contributed by atoms with Crippen molar-refractivity contribution in [2.75, 3.05) is 39.3 Å². The summed E-state index contributed by atoms with van der Waals surface area (Å²) < 4.78 is 5.56. The normalized spacial score (nSPS) is 30.8. The molecule has 3 aliphatic rings. The second kappa shape index (κ2) is 7.15. The van der Waals surface area contributed by atoms with Crippen molar-refractivity contribution in [2.24, 2.45) is 0 Å². The van der Waals surface area contributed by atoms with E-state index in [1.165, 1.54) is 0 Å². The zero-order valence-electron chi connectivity index (χ0n) is 14.1. The van der Waals surface area contributed by atoms with Gasteiger partial charge in [-0.05, 0) is 26.7 Å². The SMILES string of the molecule is CC(C(=O)NC1CC1)N1CCN(C(=O)[C@H]2NCCO[C@@H]2C)CC1. The van der Waals surface area contributed by atoms with Gasteiger partial charge in [0.15, 0.2) is 0 Å². The third kappa shape index (κ3) is 4.02. The molecule has 3 rings (SSSR count). The first-order valence-electron chi connectivity index (χ1n) is 8.74. The second-order valence-corrected chi connectivity index (χ2v) is 6.83. The Morgan fingerprint density at radius 1 is 1.22 bits per heavy atom. The van der Waals surface area contributed by atoms with Crippen LogP contribution in [-0.4, -0.2) is 85.2 Å². The highest BCUT2D eigenvalue weighted by molar-refractivity contribution is 5.83. The van der Waals surface area contributed by atoms with Crippen molar-refractivity contribution in [1.82, 2.24) is 20.4 Å². The van der Waals surface area contributed by atoms with Crippen LogP contribution < -0.4 is 10.6 Å². The second-order valence-electron chi connectivity index (χ2n) is 6.83. The largest absolute Gasteiger partial charge is 0.375 e. The maximum atomic E-state index is 12.6. The van der Waals surface area contributed by atoms with Gasteiger partial charge in [-0.15, -0.1) is 0 Å². The zero-order valence-corrected chi connectivity index (χ0v) is 14.1. The highest BCUT2D eigenvalue weighted by atomic mass is 16.5. The molecule has 7 nitrogen and oxygen atoms in total. The average Bonchev–Trinajstić information content (AvgIpc) is 3.38. The molecule has 1 saturated carbocycles. The molecule has 0 aromatic heterocycles. The first-order valence-corrected chi connectivity index (χ1v) is 8.74. The molecule has 2 heterocycles. The summed E-state index contributed by atoms with van der Waals surface area (Å²) >= 11 is 0. The third-order valence-electron chi connectivity index (χ3n) is 5.06. The Hall–Kier alpha value is -1.18. The minimum atomic E-state index is -0.245. The molecule has 3 atom stereocenters. The van der Waals surface area contributed by atoms with Crippen LogP contribution in [0.1, 0.15) is 26.7 Å². The van der Waals surface area contributed by atoms with E-state index < -0.39 is 0 Å². The Morgan fingerprint density at radius 2 is 1.91 bits per heavy atom. The average molecular weight is 324 g/mol. The minimum absolute atomic E-state index is 0.0856. The topological polar surface area (TPSA) is 73.9 Å². The maximum Gasteiger partial charge on any atom is 0.242 e. The summed E-state index contributed by atoms with van der Waals surface area (Å²) in [5.74, 6) is 0.232. The zero-order chi connectivity index (χ0) is 16.4. The van der Waals surface area contributed by atoms with Crippen molar-refractivity contribution in [3.63, 3.8) is 0 Å². The summed E-state index contributed by atoms with van der Waals surface area (Å²) in [5.41, 5.74) is 0. The number of amides is 2. The van der Waals surface area contributed by atoms with Crippen LogP contribution in [0, 0.1) is 0 Å². The molecule has 1 unspecified atom stereocenters. The van der Waals surface area contributed by atoms with Gasteiger partial charge in [0.1, 0.15) is 6.04 Å². The summed E-state index contributed by atoms with van der Waals surface area (Å²) in [5, 5.41) is 6.31. The molecule has 0 spiro atoms. The summed E-state index contributed by atoms with van der Waals surface area (Å²) in [4.78, 5) is 28.8. The molecule has 7 heteroatoms. The lowest BCUT2D eigenvalue weighted by molar-refractivity contribution is -0.141. The summed E-state index contributed by atoms with van der Waals surface area (Å²) in [6, 6.07) is 0.0282. The quantitative estimate of drug-likeness (QED) is 0.706. The molecule has 3 fully saturated rings. The van der Waals surface area contributed by atoms with Crippen LogP contribution in [0.3, 0.4) is 0 Å². The predicted octanol–water partition coefficient (Wildman–Crippen LogP) is -0.825. The Labute approximate surface area is 137 Å². The van der Waals surface area contributed by atoms with E-state index >= 15 is 0 Å². The highest BCUT2D eigenvalue weighted by Gasteiger charge is 2.35. The molecule has 2 N–H and O–H groups in total. The van der Waals surface area contributed by atoms with Gasteiger partial charge in [-0.3, -0.25) is 14.5 Å². The van der Waals surface area contributed by atoms with Crippen LogP contribution in [0.15, 0.2) is 0 Å². The number of ether oxygens (including phenoxy) is 1. The molecule has 23 heavy (non-hydrogen) atoms. The van der Waals surface area contributed by atoms with Gasteiger partial charge in [0.25, 0.3) is 0 Å². The van der Waals surface area contributed by atoms with Crippen LogP contribution in [0.25, 0.3) is 0 Å². The Bertz CT molecular complexity index is 447. The van der Waals surface area contributed by atoms with Crippen molar-refractivity contribution in [3.8, 4) is 0 Å². The number of hydrogen-bond donors (Lipinski definition) is 2. The van der Waals surface area contributed by atoms with Gasteiger partial charge >= 0.3 is 0 Å². The van der Waals surface area contributed by atoms with E-state index in [4.69, 9.17) is 4.74 Å². The Morgan fingerprint density at radius 3 is 2.52 bits per heavy atom. The van der Waals surface area contributed by atoms with E-state index in [9.17, 15) is 9.59 Å². The number of carbonyl (C=O) groups excluding carboxylic acids is 2. The molecule has 0 aromatic rings. The lowest BCUT2D eigenvalue weighted by Gasteiger charge is -2.40. The van der Waals surface area contributed by atoms with Crippen LogP contribution in [0.4, 0.5) is 0 Å². The Balaban J connectivity index is 1.47. The van der Waals surface area contributed by atoms with Crippen molar-refractivity contribution in [3.05, 3.63) is 0 Å². The van der Waals surface area contributed by atoms with Crippen molar-refractivity contribution in [1.29, 1.82) is 0 Å². The fourth-order valence-electron chi connectivity index (χ4n) is 3.25. The van der Waals surface area contributed by atoms with E-state index in [1.807, 2.05) is 18.7 Å². The number of hydrogen-bond acceptors (Lipinski definition) is 5. The van der Waals surface area contributed by atoms with E-state index in [-0.39, 0.29) is 30.0 Å². The van der Waals surface area contributed by atoms with Gasteiger partial charge in [-0.1, -0.05) is 0 Å². The predicted molar refractivity (Wildman–Crippen MR) is 86.0 cm³/mol. The minimum Gasteiger partial charge on any atom is -0.375 e. The molecular weight excluding hydrogens is 296 g/mol. The fourth-order valence-corrected chi connectivity index (χ4v) is 3.25. The first-order chi connectivity index (χ1) is 11.1. The molecular formula is C16H28N4O3. The van der Waals surface area contributed by atoms with Gasteiger partial charge in [0.05, 0.1) is 18.8 Å². The first kappa shape index (κ1) is 16.7. The summed E-state index contributed by atoms with van der Waals surface area (Å²) in [6.45, 7) is 8.10. The molecule has 130 valence electrons. The van der Waals surface area contributed by atoms with E-state index in [1.54, 1.807) is 0 Å². The number of piperazine rings is 1. The lowest BCUT2D eigenvalue weighted by atomic mass is 10.1. The number of rotatable bonds is 4. The lowest BCUT2D eigenvalue weighted by Crippen LogP contribution is -2.61. The van der Waals surface area contributed by atoms with Crippen LogP contribution >= 0.6 is 0 Å². The van der Waals surface area contributed by atoms with E-state index in [0.29, 0.717) is 25.7 Å².